The van der Waals surface area contributed by atoms with Crippen LogP contribution in [0.4, 0.5) is 13.2 Å². The maximum Gasteiger partial charge on any atom is 0.416 e. The Labute approximate surface area is 188 Å². The van der Waals surface area contributed by atoms with Crippen LogP contribution in [0.2, 0.25) is 0 Å². The molecular weight excluding hydrogens is 429 g/mol. The molecule has 1 aromatic heterocycles. The zero-order valence-electron chi connectivity index (χ0n) is 17.3. The minimum absolute atomic E-state index is 0.264. The Bertz CT molecular complexity index is 1210. The number of carbonyl (C=O) groups excluding carboxylic acids is 1. The van der Waals surface area contributed by atoms with E-state index in [0.29, 0.717) is 11.3 Å². The number of hydrogen-bond acceptors (Lipinski definition) is 3. The fourth-order valence-corrected chi connectivity index (χ4v) is 3.44. The first-order valence-electron chi connectivity index (χ1n) is 10.1. The van der Waals surface area contributed by atoms with Crippen molar-refractivity contribution >= 4 is 12.1 Å². The Morgan fingerprint density at radius 2 is 1.48 bits per heavy atom. The molecule has 0 spiro atoms. The first-order valence-corrected chi connectivity index (χ1v) is 10.1. The summed E-state index contributed by atoms with van der Waals surface area (Å²) in [5.41, 5.74) is 3.70. The first kappa shape index (κ1) is 22.1. The molecule has 1 amide bonds. The zero-order chi connectivity index (χ0) is 23.3. The number of carbonyl (C=O) groups is 1. The predicted octanol–water partition coefficient (Wildman–Crippen LogP) is 6.25. The summed E-state index contributed by atoms with van der Waals surface area (Å²) >= 11 is 0. The third-order valence-corrected chi connectivity index (χ3v) is 5.00. The quantitative estimate of drug-likeness (QED) is 0.280. The molecule has 0 aliphatic rings. The van der Waals surface area contributed by atoms with Gasteiger partial charge in [-0.05, 0) is 35.4 Å². The van der Waals surface area contributed by atoms with Gasteiger partial charge in [0, 0.05) is 5.56 Å². The van der Waals surface area contributed by atoms with Gasteiger partial charge in [-0.2, -0.15) is 18.3 Å². The summed E-state index contributed by atoms with van der Waals surface area (Å²) < 4.78 is 44.4. The molecule has 0 saturated heterocycles. The Hall–Kier alpha value is -4.13. The molecule has 0 aliphatic carbocycles. The van der Waals surface area contributed by atoms with Gasteiger partial charge in [-0.3, -0.25) is 4.79 Å². The van der Waals surface area contributed by atoms with Gasteiger partial charge in [0.25, 0.3) is 5.91 Å². The van der Waals surface area contributed by atoms with Crippen LogP contribution in [0.15, 0.2) is 107 Å². The number of nitrogens with zero attached hydrogens (tertiary/aromatic N) is 1. The van der Waals surface area contributed by atoms with E-state index < -0.39 is 17.7 Å². The van der Waals surface area contributed by atoms with Crippen LogP contribution >= 0.6 is 0 Å². The van der Waals surface area contributed by atoms with Gasteiger partial charge in [0.15, 0.2) is 0 Å². The summed E-state index contributed by atoms with van der Waals surface area (Å²) in [6.07, 6.45) is -3.13. The normalized spacial score (nSPS) is 11.8. The molecule has 0 bridgehead atoms. The second-order valence-electron chi connectivity index (χ2n) is 7.27. The van der Waals surface area contributed by atoms with Crippen molar-refractivity contribution in [1.29, 1.82) is 0 Å². The molecule has 0 unspecified atom stereocenters. The van der Waals surface area contributed by atoms with Crippen LogP contribution in [-0.2, 0) is 11.0 Å². The summed E-state index contributed by atoms with van der Waals surface area (Å²) in [5, 5.41) is 3.98. The Kier molecular flexibility index (Phi) is 6.40. The molecule has 1 N–H and O–H groups in total. The van der Waals surface area contributed by atoms with Crippen LogP contribution in [0.5, 0.6) is 0 Å². The lowest BCUT2D eigenvalue weighted by Gasteiger charge is -2.16. The van der Waals surface area contributed by atoms with E-state index in [2.05, 4.69) is 10.5 Å². The number of hydrogen-bond donors (Lipinski definition) is 1. The van der Waals surface area contributed by atoms with E-state index in [0.717, 1.165) is 23.3 Å². The first-order chi connectivity index (χ1) is 15.9. The average Bonchev–Trinajstić information content (AvgIpc) is 3.29. The van der Waals surface area contributed by atoms with Gasteiger partial charge >= 0.3 is 6.18 Å². The zero-order valence-corrected chi connectivity index (χ0v) is 17.3. The standard InChI is InChI=1S/C26H19F3N2O2/c27-26(28,29)21-13-7-12-20(16-21)23-15-14-22(33-23)17-30-31-25(32)24(18-8-3-1-4-9-18)19-10-5-2-6-11-19/h1-17,24H,(H,31,32)/b30-17-. The van der Waals surface area contributed by atoms with Gasteiger partial charge in [0.1, 0.15) is 11.5 Å². The van der Waals surface area contributed by atoms with Crippen molar-refractivity contribution in [1.82, 2.24) is 5.43 Å². The maximum atomic E-state index is 12.9. The molecule has 0 fully saturated rings. The Morgan fingerprint density at radius 1 is 0.848 bits per heavy atom. The lowest BCUT2D eigenvalue weighted by atomic mass is 9.91. The van der Waals surface area contributed by atoms with Crippen molar-refractivity contribution < 1.29 is 22.4 Å². The van der Waals surface area contributed by atoms with E-state index in [-0.39, 0.29) is 11.7 Å². The van der Waals surface area contributed by atoms with Gasteiger partial charge in [-0.1, -0.05) is 72.8 Å². The summed E-state index contributed by atoms with van der Waals surface area (Å²) in [7, 11) is 0. The van der Waals surface area contributed by atoms with E-state index in [1.54, 1.807) is 12.1 Å². The number of hydrazone groups is 1. The molecule has 33 heavy (non-hydrogen) atoms. The second kappa shape index (κ2) is 9.56. The van der Waals surface area contributed by atoms with Gasteiger partial charge in [-0.15, -0.1) is 0 Å². The van der Waals surface area contributed by atoms with Crippen LogP contribution in [-0.4, -0.2) is 12.1 Å². The van der Waals surface area contributed by atoms with Crippen LogP contribution in [0, 0.1) is 0 Å². The number of nitrogens with one attached hydrogen (secondary N) is 1. The van der Waals surface area contributed by atoms with Crippen molar-refractivity contribution in [2.45, 2.75) is 12.1 Å². The predicted molar refractivity (Wildman–Crippen MR) is 120 cm³/mol. The minimum atomic E-state index is -4.44. The van der Waals surface area contributed by atoms with Gasteiger partial charge in [0.2, 0.25) is 0 Å². The molecule has 0 aliphatic heterocycles. The smallest absolute Gasteiger partial charge is 0.416 e. The van der Waals surface area contributed by atoms with Crippen LogP contribution in [0.25, 0.3) is 11.3 Å². The Balaban J connectivity index is 1.49. The van der Waals surface area contributed by atoms with E-state index in [9.17, 15) is 18.0 Å². The SMILES string of the molecule is O=C(N/N=C\c1ccc(-c2cccc(C(F)(F)F)c2)o1)C(c1ccccc1)c1ccccc1. The lowest BCUT2D eigenvalue weighted by molar-refractivity contribution is -0.137. The molecule has 1 heterocycles. The van der Waals surface area contributed by atoms with E-state index in [1.807, 2.05) is 60.7 Å². The van der Waals surface area contributed by atoms with Crippen molar-refractivity contribution in [3.05, 3.63) is 120 Å². The highest BCUT2D eigenvalue weighted by atomic mass is 19.4. The largest absolute Gasteiger partial charge is 0.455 e. The number of amides is 1. The number of halogens is 3. The van der Waals surface area contributed by atoms with Gasteiger partial charge in [0.05, 0.1) is 17.7 Å². The third-order valence-electron chi connectivity index (χ3n) is 5.00. The summed E-state index contributed by atoms with van der Waals surface area (Å²) in [6, 6.07) is 26.7. The molecular formula is C26H19F3N2O2. The van der Waals surface area contributed by atoms with Gasteiger partial charge < -0.3 is 4.42 Å². The van der Waals surface area contributed by atoms with E-state index in [4.69, 9.17) is 4.42 Å². The number of benzene rings is 3. The number of alkyl halides is 3. The minimum Gasteiger partial charge on any atom is -0.455 e. The molecule has 4 rings (SSSR count). The van der Waals surface area contributed by atoms with Crippen molar-refractivity contribution in [3.8, 4) is 11.3 Å². The monoisotopic (exact) mass is 448 g/mol. The van der Waals surface area contributed by atoms with Crippen molar-refractivity contribution in [3.63, 3.8) is 0 Å². The summed E-state index contributed by atoms with van der Waals surface area (Å²) in [5.74, 6) is -0.325. The van der Waals surface area contributed by atoms with Crippen molar-refractivity contribution in [2.75, 3.05) is 0 Å². The number of furan rings is 1. The van der Waals surface area contributed by atoms with Crippen LogP contribution in [0.3, 0.4) is 0 Å². The topological polar surface area (TPSA) is 54.6 Å². The molecule has 4 nitrogen and oxygen atoms in total. The second-order valence-corrected chi connectivity index (χ2v) is 7.27. The van der Waals surface area contributed by atoms with E-state index >= 15 is 0 Å². The van der Waals surface area contributed by atoms with Crippen LogP contribution in [0.1, 0.15) is 28.4 Å². The molecule has 7 heteroatoms. The fraction of sp³-hybridized carbons (Fsp3) is 0.0769. The highest BCUT2D eigenvalue weighted by Gasteiger charge is 2.30. The van der Waals surface area contributed by atoms with E-state index in [1.165, 1.54) is 18.3 Å². The average molecular weight is 448 g/mol. The third kappa shape index (κ3) is 5.38. The molecule has 0 radical (unpaired) electrons. The highest BCUT2D eigenvalue weighted by Crippen LogP contribution is 2.32. The van der Waals surface area contributed by atoms with Crippen LogP contribution < -0.4 is 5.43 Å². The molecule has 3 aromatic carbocycles. The number of rotatable bonds is 6. The molecule has 0 atom stereocenters. The molecule has 0 saturated carbocycles. The van der Waals surface area contributed by atoms with Gasteiger partial charge in [-0.25, -0.2) is 5.43 Å². The molecule has 4 aromatic rings. The lowest BCUT2D eigenvalue weighted by Crippen LogP contribution is -2.26. The maximum absolute atomic E-state index is 12.9. The summed E-state index contributed by atoms with van der Waals surface area (Å²) in [6.45, 7) is 0. The molecule has 166 valence electrons. The highest BCUT2D eigenvalue weighted by molar-refractivity contribution is 5.88. The summed E-state index contributed by atoms with van der Waals surface area (Å²) in [4.78, 5) is 12.9. The fourth-order valence-electron chi connectivity index (χ4n) is 3.44. The Morgan fingerprint density at radius 3 is 2.09 bits per heavy atom. The van der Waals surface area contributed by atoms with Crippen molar-refractivity contribution in [2.24, 2.45) is 5.10 Å².